The van der Waals surface area contributed by atoms with Crippen LogP contribution in [0.1, 0.15) is 5.56 Å². The van der Waals surface area contributed by atoms with Crippen molar-refractivity contribution in [2.45, 2.75) is 6.61 Å². The van der Waals surface area contributed by atoms with Crippen molar-refractivity contribution >= 4 is 11.9 Å². The molecule has 0 aromatic heterocycles. The van der Waals surface area contributed by atoms with E-state index in [9.17, 15) is 4.79 Å². The number of nitrogens with one attached hydrogen (secondary N) is 1. The zero-order chi connectivity index (χ0) is 12.8. The predicted octanol–water partition coefficient (Wildman–Crippen LogP) is 1.26. The number of aliphatic imine (C=N–C) groups is 1. The fraction of sp³-hybridized carbons (Fsp3) is 0.385. The number of hydrogen-bond acceptors (Lipinski definition) is 4. The summed E-state index contributed by atoms with van der Waals surface area (Å²) in [7, 11) is 1.70. The van der Waals surface area contributed by atoms with E-state index in [2.05, 4.69) is 10.3 Å². The lowest BCUT2D eigenvalue weighted by atomic mass is 10.2. The van der Waals surface area contributed by atoms with Gasteiger partial charge in [0.1, 0.15) is 12.4 Å². The van der Waals surface area contributed by atoms with Crippen molar-refractivity contribution < 1.29 is 9.53 Å². The highest BCUT2D eigenvalue weighted by Gasteiger charge is 2.14. The Labute approximate surface area is 106 Å². The second kappa shape index (κ2) is 6.05. The minimum absolute atomic E-state index is 0.296. The van der Waals surface area contributed by atoms with Gasteiger partial charge >= 0.3 is 6.09 Å². The Morgan fingerprint density at radius 2 is 2.22 bits per heavy atom. The standard InChI is InChI=1S/C13H17N3O2/c1-16(9-12-14-7-8-15-12)13(17)18-10-11-5-3-2-4-6-11/h2-6H,7-10H2,1H3,(H,14,15). The lowest BCUT2D eigenvalue weighted by Crippen LogP contribution is -2.36. The van der Waals surface area contributed by atoms with Gasteiger partial charge in [0.2, 0.25) is 0 Å². The molecule has 1 aromatic carbocycles. The molecule has 0 saturated heterocycles. The summed E-state index contributed by atoms with van der Waals surface area (Å²) in [6.45, 7) is 2.39. The molecule has 1 aromatic rings. The Bertz CT molecular complexity index is 431. The minimum atomic E-state index is -0.338. The van der Waals surface area contributed by atoms with Gasteiger partial charge in [-0.2, -0.15) is 0 Å². The normalized spacial score (nSPS) is 13.7. The quantitative estimate of drug-likeness (QED) is 0.871. The van der Waals surface area contributed by atoms with Crippen LogP contribution in [0.25, 0.3) is 0 Å². The van der Waals surface area contributed by atoms with E-state index >= 15 is 0 Å². The molecule has 1 aliphatic rings. The summed E-state index contributed by atoms with van der Waals surface area (Å²) in [6.07, 6.45) is -0.338. The van der Waals surface area contributed by atoms with E-state index < -0.39 is 0 Å². The van der Waals surface area contributed by atoms with Crippen LogP contribution in [0.2, 0.25) is 0 Å². The maximum Gasteiger partial charge on any atom is 0.410 e. The van der Waals surface area contributed by atoms with Crippen molar-refractivity contribution in [3.05, 3.63) is 35.9 Å². The van der Waals surface area contributed by atoms with E-state index in [1.54, 1.807) is 7.05 Å². The fourth-order valence-corrected chi connectivity index (χ4v) is 1.67. The molecule has 0 saturated carbocycles. The van der Waals surface area contributed by atoms with E-state index in [0.29, 0.717) is 13.2 Å². The number of carbonyl (C=O) groups excluding carboxylic acids is 1. The van der Waals surface area contributed by atoms with Gasteiger partial charge in [-0.3, -0.25) is 4.99 Å². The smallest absolute Gasteiger partial charge is 0.410 e. The maximum absolute atomic E-state index is 11.7. The second-order valence-corrected chi connectivity index (χ2v) is 4.15. The van der Waals surface area contributed by atoms with Gasteiger partial charge in [-0.05, 0) is 5.56 Å². The lowest BCUT2D eigenvalue weighted by molar-refractivity contribution is 0.109. The highest BCUT2D eigenvalue weighted by atomic mass is 16.6. The van der Waals surface area contributed by atoms with Gasteiger partial charge in [-0.15, -0.1) is 0 Å². The van der Waals surface area contributed by atoms with Crippen molar-refractivity contribution in [1.29, 1.82) is 0 Å². The van der Waals surface area contributed by atoms with E-state index in [1.807, 2.05) is 30.3 Å². The minimum Gasteiger partial charge on any atom is -0.445 e. The van der Waals surface area contributed by atoms with E-state index in [1.165, 1.54) is 4.90 Å². The van der Waals surface area contributed by atoms with Crippen LogP contribution in [-0.2, 0) is 11.3 Å². The highest BCUT2D eigenvalue weighted by molar-refractivity contribution is 5.87. The Morgan fingerprint density at radius 1 is 1.44 bits per heavy atom. The van der Waals surface area contributed by atoms with Crippen molar-refractivity contribution in [3.63, 3.8) is 0 Å². The van der Waals surface area contributed by atoms with Gasteiger partial charge in [-0.25, -0.2) is 4.79 Å². The van der Waals surface area contributed by atoms with Crippen molar-refractivity contribution in [1.82, 2.24) is 10.2 Å². The fourth-order valence-electron chi connectivity index (χ4n) is 1.67. The third kappa shape index (κ3) is 3.48. The number of nitrogens with zero attached hydrogens (tertiary/aromatic N) is 2. The molecule has 0 spiro atoms. The number of rotatable bonds is 4. The molecule has 0 radical (unpaired) electrons. The first-order chi connectivity index (χ1) is 8.75. The first kappa shape index (κ1) is 12.4. The average Bonchev–Trinajstić information content (AvgIpc) is 2.90. The number of benzene rings is 1. The topological polar surface area (TPSA) is 53.9 Å². The molecule has 0 bridgehead atoms. The summed E-state index contributed by atoms with van der Waals surface area (Å²) >= 11 is 0. The van der Waals surface area contributed by atoms with Gasteiger partial charge in [0, 0.05) is 13.6 Å². The second-order valence-electron chi connectivity index (χ2n) is 4.15. The molecular weight excluding hydrogens is 230 g/mol. The van der Waals surface area contributed by atoms with Crippen LogP contribution in [-0.4, -0.2) is 43.5 Å². The Balaban J connectivity index is 1.77. The highest BCUT2D eigenvalue weighted by Crippen LogP contribution is 2.02. The van der Waals surface area contributed by atoms with Crippen LogP contribution in [0.5, 0.6) is 0 Å². The molecule has 0 atom stereocenters. The molecule has 18 heavy (non-hydrogen) atoms. The van der Waals surface area contributed by atoms with Gasteiger partial charge in [0.25, 0.3) is 0 Å². The van der Waals surface area contributed by atoms with Crippen molar-refractivity contribution in [2.24, 2.45) is 4.99 Å². The third-order valence-electron chi connectivity index (χ3n) is 2.65. The summed E-state index contributed by atoms with van der Waals surface area (Å²) in [5.41, 5.74) is 0.982. The van der Waals surface area contributed by atoms with Crippen LogP contribution in [0.15, 0.2) is 35.3 Å². The largest absolute Gasteiger partial charge is 0.445 e. The molecule has 0 fully saturated rings. The lowest BCUT2D eigenvalue weighted by Gasteiger charge is -2.17. The number of amidine groups is 1. The zero-order valence-corrected chi connectivity index (χ0v) is 10.4. The first-order valence-electron chi connectivity index (χ1n) is 5.95. The Morgan fingerprint density at radius 3 is 2.89 bits per heavy atom. The molecule has 96 valence electrons. The summed E-state index contributed by atoms with van der Waals surface area (Å²) in [6, 6.07) is 9.63. The first-order valence-corrected chi connectivity index (χ1v) is 5.95. The van der Waals surface area contributed by atoms with Gasteiger partial charge in [0.05, 0.1) is 13.1 Å². The van der Waals surface area contributed by atoms with Gasteiger partial charge in [0.15, 0.2) is 0 Å². The molecule has 1 heterocycles. The molecule has 5 heteroatoms. The zero-order valence-electron chi connectivity index (χ0n) is 10.4. The van der Waals surface area contributed by atoms with Gasteiger partial charge < -0.3 is 15.0 Å². The molecule has 5 nitrogen and oxygen atoms in total. The molecule has 0 aliphatic carbocycles. The summed E-state index contributed by atoms with van der Waals surface area (Å²) < 4.78 is 5.20. The van der Waals surface area contributed by atoms with E-state index in [4.69, 9.17) is 4.74 Å². The van der Waals surface area contributed by atoms with Crippen LogP contribution < -0.4 is 5.32 Å². The molecule has 0 unspecified atom stereocenters. The third-order valence-corrected chi connectivity index (χ3v) is 2.65. The van der Waals surface area contributed by atoms with E-state index in [-0.39, 0.29) is 6.09 Å². The number of hydrogen-bond donors (Lipinski definition) is 1. The van der Waals surface area contributed by atoms with Crippen molar-refractivity contribution in [2.75, 3.05) is 26.7 Å². The van der Waals surface area contributed by atoms with Crippen LogP contribution in [0, 0.1) is 0 Å². The Kier molecular flexibility index (Phi) is 4.17. The monoisotopic (exact) mass is 247 g/mol. The number of carbonyl (C=O) groups is 1. The van der Waals surface area contributed by atoms with Gasteiger partial charge in [-0.1, -0.05) is 30.3 Å². The molecule has 1 amide bonds. The summed E-state index contributed by atoms with van der Waals surface area (Å²) in [5, 5.41) is 3.12. The number of likely N-dealkylation sites (N-methyl/N-ethyl adjacent to an activating group) is 1. The van der Waals surface area contributed by atoms with Crippen molar-refractivity contribution in [3.8, 4) is 0 Å². The number of amides is 1. The maximum atomic E-state index is 11.7. The summed E-state index contributed by atoms with van der Waals surface area (Å²) in [5.74, 6) is 0.842. The van der Waals surface area contributed by atoms with Crippen LogP contribution in [0.3, 0.4) is 0 Å². The van der Waals surface area contributed by atoms with Crippen LogP contribution in [0.4, 0.5) is 4.79 Å². The molecule has 1 N–H and O–H groups in total. The predicted molar refractivity (Wildman–Crippen MR) is 69.6 cm³/mol. The summed E-state index contributed by atoms with van der Waals surface area (Å²) in [4.78, 5) is 17.5. The van der Waals surface area contributed by atoms with E-state index in [0.717, 1.165) is 24.5 Å². The molecule has 2 rings (SSSR count). The number of ether oxygens (including phenoxy) is 1. The molecular formula is C13H17N3O2. The van der Waals surface area contributed by atoms with Crippen LogP contribution >= 0.6 is 0 Å². The average molecular weight is 247 g/mol. The molecule has 1 aliphatic heterocycles. The Hall–Kier alpha value is -2.04. The SMILES string of the molecule is CN(CC1=NCCN1)C(=O)OCc1ccccc1.